The van der Waals surface area contributed by atoms with Gasteiger partial charge in [0.05, 0.1) is 22.7 Å². The first-order valence-corrected chi connectivity index (χ1v) is 11.6. The minimum atomic E-state index is -4.54. The van der Waals surface area contributed by atoms with Crippen LogP contribution in [0.25, 0.3) is 5.76 Å². The van der Waals surface area contributed by atoms with Gasteiger partial charge in [-0.2, -0.15) is 13.2 Å². The van der Waals surface area contributed by atoms with E-state index in [0.717, 1.165) is 34.7 Å². The highest BCUT2D eigenvalue weighted by molar-refractivity contribution is 9.10. The number of carbonyl (C=O) groups is 2. The lowest BCUT2D eigenvalue weighted by Gasteiger charge is -2.25. The van der Waals surface area contributed by atoms with Gasteiger partial charge < -0.3 is 9.84 Å². The Kier molecular flexibility index (Phi) is 6.30. The largest absolute Gasteiger partial charge is 0.507 e. The number of anilines is 1. The molecule has 1 unspecified atom stereocenters. The molecule has 0 bridgehead atoms. The summed E-state index contributed by atoms with van der Waals surface area (Å²) in [7, 11) is 1.48. The summed E-state index contributed by atoms with van der Waals surface area (Å²) >= 11 is 4.62. The predicted octanol–water partition coefficient (Wildman–Crippen LogP) is 6.47. The van der Waals surface area contributed by atoms with Crippen LogP contribution in [0.1, 0.15) is 27.6 Å². The molecule has 0 radical (unpaired) electrons. The van der Waals surface area contributed by atoms with Crippen molar-refractivity contribution in [2.45, 2.75) is 19.1 Å². The molecule has 1 aliphatic heterocycles. The van der Waals surface area contributed by atoms with E-state index in [1.165, 1.54) is 18.4 Å². The third kappa shape index (κ3) is 4.12. The molecule has 2 aromatic carbocycles. The van der Waals surface area contributed by atoms with Crippen molar-refractivity contribution in [3.8, 4) is 5.75 Å². The number of Topliss-reactive ketones (excluding diaryl/α,β-unsaturated/α-hetero) is 1. The van der Waals surface area contributed by atoms with Crippen molar-refractivity contribution in [2.24, 2.45) is 0 Å². The Morgan fingerprint density at radius 1 is 1.12 bits per heavy atom. The van der Waals surface area contributed by atoms with Crippen molar-refractivity contribution >= 4 is 50.4 Å². The smallest absolute Gasteiger partial charge is 0.416 e. The number of halogens is 4. The molecule has 2 heterocycles. The van der Waals surface area contributed by atoms with Crippen LogP contribution >= 0.6 is 27.3 Å². The number of aliphatic hydroxyl groups is 1. The maximum Gasteiger partial charge on any atom is 0.416 e. The molecule has 34 heavy (non-hydrogen) atoms. The summed E-state index contributed by atoms with van der Waals surface area (Å²) in [6.45, 7) is 1.79. The Bertz CT molecular complexity index is 1310. The van der Waals surface area contributed by atoms with Crippen molar-refractivity contribution in [1.29, 1.82) is 0 Å². The number of aryl methyl sites for hydroxylation is 1. The van der Waals surface area contributed by atoms with E-state index < -0.39 is 35.2 Å². The van der Waals surface area contributed by atoms with Crippen LogP contribution in [0.2, 0.25) is 0 Å². The summed E-state index contributed by atoms with van der Waals surface area (Å²) in [5, 5.41) is 12.9. The lowest BCUT2D eigenvalue weighted by atomic mass is 9.98. The molecule has 5 nitrogen and oxygen atoms in total. The zero-order valence-corrected chi connectivity index (χ0v) is 20.2. The number of aliphatic hydroxyl groups excluding tert-OH is 1. The predicted molar refractivity (Wildman–Crippen MR) is 126 cm³/mol. The molecule has 0 aliphatic carbocycles. The number of nitrogens with zero attached hydrogens (tertiary/aromatic N) is 1. The van der Waals surface area contributed by atoms with Crippen molar-refractivity contribution in [2.75, 3.05) is 12.0 Å². The molecule has 1 fully saturated rings. The first kappa shape index (κ1) is 24.0. The number of ether oxygens (including phenoxy) is 1. The van der Waals surface area contributed by atoms with Gasteiger partial charge in [0.2, 0.25) is 0 Å². The van der Waals surface area contributed by atoms with Crippen molar-refractivity contribution < 1.29 is 32.6 Å². The molecule has 3 aromatic rings. The second kappa shape index (κ2) is 8.92. The zero-order chi connectivity index (χ0) is 24.8. The Balaban J connectivity index is 1.90. The van der Waals surface area contributed by atoms with Crippen LogP contribution in [0.15, 0.2) is 64.0 Å². The number of hydrogen-bond donors (Lipinski definition) is 1. The Labute approximate surface area is 205 Å². The van der Waals surface area contributed by atoms with E-state index in [1.54, 1.807) is 36.6 Å². The SMILES string of the molecule is COc1ccc(/C(O)=C2/C(=O)C(=O)N(c3ccc(C(F)(F)F)cc3)C2c2sccc2C)cc1Br. The number of rotatable bonds is 4. The number of hydrogen-bond acceptors (Lipinski definition) is 5. The first-order valence-electron chi connectivity index (χ1n) is 9.90. The number of benzene rings is 2. The Morgan fingerprint density at radius 3 is 2.32 bits per heavy atom. The van der Waals surface area contributed by atoms with Crippen molar-refractivity contribution in [3.05, 3.63) is 85.5 Å². The van der Waals surface area contributed by atoms with Gasteiger partial charge in [0.25, 0.3) is 11.7 Å². The third-order valence-electron chi connectivity index (χ3n) is 5.49. The van der Waals surface area contributed by atoms with Gasteiger partial charge in [0.15, 0.2) is 0 Å². The third-order valence-corrected chi connectivity index (χ3v) is 7.18. The molecule has 0 spiro atoms. The quantitative estimate of drug-likeness (QED) is 0.229. The summed E-state index contributed by atoms with van der Waals surface area (Å²) in [6.07, 6.45) is -4.54. The molecule has 1 amide bonds. The minimum Gasteiger partial charge on any atom is -0.507 e. The number of alkyl halides is 3. The lowest BCUT2D eigenvalue weighted by Crippen LogP contribution is -2.29. The normalized spacial score (nSPS) is 17.9. The van der Waals surface area contributed by atoms with Crippen LogP contribution in [0.5, 0.6) is 5.75 Å². The van der Waals surface area contributed by atoms with Gasteiger partial charge in [0, 0.05) is 16.1 Å². The number of amides is 1. The lowest BCUT2D eigenvalue weighted by molar-refractivity contribution is -0.137. The molecule has 4 rings (SSSR count). The van der Waals surface area contributed by atoms with Gasteiger partial charge in [-0.25, -0.2) is 0 Å². The van der Waals surface area contributed by atoms with Gasteiger partial charge in [-0.1, -0.05) is 0 Å². The van der Waals surface area contributed by atoms with Gasteiger partial charge in [-0.15, -0.1) is 11.3 Å². The van der Waals surface area contributed by atoms with Crippen LogP contribution in [-0.4, -0.2) is 23.9 Å². The maximum atomic E-state index is 13.1. The highest BCUT2D eigenvalue weighted by Crippen LogP contribution is 2.45. The zero-order valence-electron chi connectivity index (χ0n) is 17.8. The van der Waals surface area contributed by atoms with Crippen LogP contribution in [0, 0.1) is 6.92 Å². The second-order valence-electron chi connectivity index (χ2n) is 7.53. The average molecular weight is 552 g/mol. The molecule has 1 N–H and O–H groups in total. The molecule has 176 valence electrons. The van der Waals surface area contributed by atoms with Crippen LogP contribution < -0.4 is 9.64 Å². The number of thiophene rings is 1. The fourth-order valence-electron chi connectivity index (χ4n) is 3.79. The summed E-state index contributed by atoms with van der Waals surface area (Å²) in [5.41, 5.74) is 0.142. The topological polar surface area (TPSA) is 66.8 Å². The number of ketones is 1. The maximum absolute atomic E-state index is 13.1. The minimum absolute atomic E-state index is 0.114. The van der Waals surface area contributed by atoms with Gasteiger partial charge in [0.1, 0.15) is 17.6 Å². The molecular weight excluding hydrogens is 535 g/mol. The highest BCUT2D eigenvalue weighted by Gasteiger charge is 2.48. The van der Waals surface area contributed by atoms with Gasteiger partial charge in [-0.05, 0) is 82.3 Å². The fraction of sp³-hybridized carbons (Fsp3) is 0.167. The summed E-state index contributed by atoms with van der Waals surface area (Å²) < 4.78 is 44.9. The molecule has 1 aromatic heterocycles. The average Bonchev–Trinajstić information content (AvgIpc) is 3.33. The Morgan fingerprint density at radius 2 is 1.79 bits per heavy atom. The van der Waals surface area contributed by atoms with E-state index in [2.05, 4.69) is 15.9 Å². The van der Waals surface area contributed by atoms with Gasteiger partial charge >= 0.3 is 6.18 Å². The van der Waals surface area contributed by atoms with E-state index in [1.807, 2.05) is 0 Å². The number of methoxy groups -OCH3 is 1. The van der Waals surface area contributed by atoms with E-state index in [0.29, 0.717) is 15.1 Å². The highest BCUT2D eigenvalue weighted by atomic mass is 79.9. The monoisotopic (exact) mass is 551 g/mol. The van der Waals surface area contributed by atoms with E-state index in [9.17, 15) is 27.9 Å². The molecule has 1 aliphatic rings. The summed E-state index contributed by atoms with van der Waals surface area (Å²) in [5.74, 6) is -1.75. The van der Waals surface area contributed by atoms with E-state index >= 15 is 0 Å². The summed E-state index contributed by atoms with van der Waals surface area (Å²) in [6, 6.07) is 9.49. The van der Waals surface area contributed by atoms with Crippen LogP contribution in [0.3, 0.4) is 0 Å². The number of carbonyl (C=O) groups excluding carboxylic acids is 2. The summed E-state index contributed by atoms with van der Waals surface area (Å²) in [4.78, 5) is 28.0. The standard InChI is InChI=1S/C24H17BrF3NO4S/c1-12-9-10-34-22(12)19-18(20(30)13-3-8-17(33-2)16(25)11-13)21(31)23(32)29(19)15-6-4-14(5-7-15)24(26,27)28/h3-11,19,30H,1-2H3/b20-18-. The fourth-order valence-corrected chi connectivity index (χ4v) is 5.36. The van der Waals surface area contributed by atoms with Crippen molar-refractivity contribution in [1.82, 2.24) is 0 Å². The van der Waals surface area contributed by atoms with E-state index in [4.69, 9.17) is 4.74 Å². The molecule has 1 atom stereocenters. The van der Waals surface area contributed by atoms with Crippen LogP contribution in [0.4, 0.5) is 18.9 Å². The molecule has 10 heteroatoms. The van der Waals surface area contributed by atoms with Gasteiger partial charge in [-0.3, -0.25) is 14.5 Å². The van der Waals surface area contributed by atoms with Crippen molar-refractivity contribution in [3.63, 3.8) is 0 Å². The Hall–Kier alpha value is -3.11. The van der Waals surface area contributed by atoms with E-state index in [-0.39, 0.29) is 16.8 Å². The first-order chi connectivity index (χ1) is 16.0. The molecule has 1 saturated heterocycles. The second-order valence-corrected chi connectivity index (χ2v) is 9.33. The molecule has 0 saturated carbocycles. The van der Waals surface area contributed by atoms with Crippen LogP contribution in [-0.2, 0) is 15.8 Å². The molecular formula is C24H17BrF3NO4S.